The quantitative estimate of drug-likeness (QED) is 0.334. The summed E-state index contributed by atoms with van der Waals surface area (Å²) in [6.07, 6.45) is -1.86. The van der Waals surface area contributed by atoms with Crippen LogP contribution in [0.2, 0.25) is 0 Å². The standard InChI is InChI=1S/C24H31ClF2N2O6S/c1-10(25)16(22-19(31)18(30)20(32)24(35-22)36-2)29-23(33)17-21-12(9-28-17)7-11(5-6-34-21)14-4-3-13(26)8-15(14)27/h3-4,7-8,10,12,16-22,24,28,30-32H,5-6,9H2,1-2H3,(H,29,33)/t10-,12-,16+,17-,18+,19?,20+,21+,22+,24?/m0/s1. The molecule has 2 unspecified atom stereocenters. The highest BCUT2D eigenvalue weighted by Gasteiger charge is 2.49. The van der Waals surface area contributed by atoms with Gasteiger partial charge in [-0.2, -0.15) is 0 Å². The molecule has 0 saturated carbocycles. The summed E-state index contributed by atoms with van der Waals surface area (Å²) >= 11 is 7.53. The molecule has 0 aliphatic carbocycles. The van der Waals surface area contributed by atoms with E-state index in [1.54, 1.807) is 13.2 Å². The smallest absolute Gasteiger partial charge is 0.240 e. The highest BCUT2D eigenvalue weighted by molar-refractivity contribution is 7.99. The second-order valence-electron chi connectivity index (χ2n) is 9.34. The highest BCUT2D eigenvalue weighted by Crippen LogP contribution is 2.33. The number of hydrogen-bond acceptors (Lipinski definition) is 8. The fourth-order valence-electron chi connectivity index (χ4n) is 5.06. The van der Waals surface area contributed by atoms with Crippen LogP contribution in [-0.2, 0) is 14.3 Å². The van der Waals surface area contributed by atoms with Gasteiger partial charge in [-0.15, -0.1) is 23.4 Å². The van der Waals surface area contributed by atoms with Gasteiger partial charge in [0.2, 0.25) is 5.91 Å². The number of halogens is 3. The number of benzene rings is 1. The minimum atomic E-state index is -1.47. The average Bonchev–Trinajstić information content (AvgIpc) is 3.11. The van der Waals surface area contributed by atoms with Gasteiger partial charge in [0.25, 0.3) is 0 Å². The maximum atomic E-state index is 14.4. The third-order valence-corrected chi connectivity index (χ3v) is 8.10. The monoisotopic (exact) mass is 548 g/mol. The number of carbonyl (C=O) groups excluding carboxylic acids is 1. The van der Waals surface area contributed by atoms with Crippen molar-refractivity contribution in [3.63, 3.8) is 0 Å². The maximum absolute atomic E-state index is 14.4. The first-order chi connectivity index (χ1) is 17.1. The van der Waals surface area contributed by atoms with E-state index >= 15 is 0 Å². The van der Waals surface area contributed by atoms with Crippen molar-refractivity contribution < 1.29 is 38.4 Å². The van der Waals surface area contributed by atoms with Crippen molar-refractivity contribution in [3.05, 3.63) is 41.5 Å². The number of rotatable bonds is 6. The van der Waals surface area contributed by atoms with Crippen LogP contribution in [0.3, 0.4) is 0 Å². The lowest BCUT2D eigenvalue weighted by molar-refractivity contribution is -0.205. The second kappa shape index (κ2) is 11.6. The summed E-state index contributed by atoms with van der Waals surface area (Å²) in [5.41, 5.74) is 0.180. The van der Waals surface area contributed by atoms with Crippen LogP contribution in [0.1, 0.15) is 18.9 Å². The predicted molar refractivity (Wildman–Crippen MR) is 131 cm³/mol. The Kier molecular flexibility index (Phi) is 8.94. The molecule has 1 aromatic rings. The zero-order chi connectivity index (χ0) is 26.1. The van der Waals surface area contributed by atoms with E-state index in [-0.39, 0.29) is 12.5 Å². The van der Waals surface area contributed by atoms with Crippen LogP contribution in [0, 0.1) is 17.6 Å². The molecule has 3 aliphatic heterocycles. The molecule has 0 radical (unpaired) electrons. The number of amides is 1. The van der Waals surface area contributed by atoms with Crippen molar-refractivity contribution in [2.75, 3.05) is 19.4 Å². The van der Waals surface area contributed by atoms with Gasteiger partial charge >= 0.3 is 0 Å². The van der Waals surface area contributed by atoms with Gasteiger partial charge in [0, 0.05) is 24.1 Å². The lowest BCUT2D eigenvalue weighted by Crippen LogP contribution is -2.65. The highest BCUT2D eigenvalue weighted by atomic mass is 35.5. The van der Waals surface area contributed by atoms with Crippen LogP contribution in [-0.4, -0.2) is 94.1 Å². The van der Waals surface area contributed by atoms with Crippen molar-refractivity contribution in [1.29, 1.82) is 0 Å². The molecule has 0 spiro atoms. The number of alkyl halides is 1. The van der Waals surface area contributed by atoms with Gasteiger partial charge in [0.15, 0.2) is 0 Å². The Morgan fingerprint density at radius 2 is 2.00 bits per heavy atom. The number of aliphatic hydroxyl groups excluding tert-OH is 3. The second-order valence-corrected chi connectivity index (χ2v) is 11.0. The Bertz CT molecular complexity index is 986. The normalized spacial score (nSPS) is 36.4. The molecule has 3 heterocycles. The molecule has 4 rings (SSSR count). The summed E-state index contributed by atoms with van der Waals surface area (Å²) < 4.78 is 39.5. The summed E-state index contributed by atoms with van der Waals surface area (Å²) in [6.45, 7) is 2.28. The first-order valence-corrected chi connectivity index (χ1v) is 13.5. The molecule has 3 aliphatic rings. The molecule has 5 N–H and O–H groups in total. The van der Waals surface area contributed by atoms with Gasteiger partial charge in [-0.3, -0.25) is 4.79 Å². The zero-order valence-corrected chi connectivity index (χ0v) is 21.4. The topological polar surface area (TPSA) is 120 Å². The van der Waals surface area contributed by atoms with Gasteiger partial charge in [-0.25, -0.2) is 8.78 Å². The van der Waals surface area contributed by atoms with Gasteiger partial charge in [-0.1, -0.05) is 6.08 Å². The number of hydrogen-bond donors (Lipinski definition) is 5. The lowest BCUT2D eigenvalue weighted by atomic mass is 9.92. The molecule has 1 amide bonds. The van der Waals surface area contributed by atoms with Crippen LogP contribution in [0.25, 0.3) is 5.57 Å². The Hall–Kier alpha value is -1.31. The van der Waals surface area contributed by atoms with E-state index in [1.165, 1.54) is 23.9 Å². The number of aliphatic hydroxyl groups is 3. The van der Waals surface area contributed by atoms with Crippen LogP contribution < -0.4 is 10.6 Å². The number of fused-ring (bicyclic) bond motifs is 1. The van der Waals surface area contributed by atoms with E-state index in [9.17, 15) is 28.9 Å². The van der Waals surface area contributed by atoms with E-state index in [0.29, 0.717) is 24.1 Å². The third kappa shape index (κ3) is 5.58. The van der Waals surface area contributed by atoms with Crippen LogP contribution in [0.4, 0.5) is 8.78 Å². The third-order valence-electron chi connectivity index (χ3n) is 6.98. The molecule has 36 heavy (non-hydrogen) atoms. The Balaban J connectivity index is 1.49. The Labute approximate surface area is 217 Å². The van der Waals surface area contributed by atoms with Crippen LogP contribution in [0.15, 0.2) is 24.3 Å². The fourth-order valence-corrected chi connectivity index (χ4v) is 5.94. The molecule has 0 bridgehead atoms. The van der Waals surface area contributed by atoms with E-state index < -0.39 is 71.0 Å². The van der Waals surface area contributed by atoms with E-state index in [0.717, 1.165) is 6.07 Å². The predicted octanol–water partition coefficient (Wildman–Crippen LogP) is 1.01. The molecule has 8 nitrogen and oxygen atoms in total. The first kappa shape index (κ1) is 27.7. The van der Waals surface area contributed by atoms with Crippen molar-refractivity contribution in [2.45, 2.75) is 66.8 Å². The molecule has 2 fully saturated rings. The fraction of sp³-hybridized carbons (Fsp3) is 0.625. The summed E-state index contributed by atoms with van der Waals surface area (Å²) in [6, 6.07) is 1.82. The number of nitrogens with one attached hydrogen (secondary N) is 2. The van der Waals surface area contributed by atoms with E-state index in [4.69, 9.17) is 21.1 Å². The molecule has 12 heteroatoms. The SMILES string of the molecule is CSC1O[C@H]([C@H](NC(=O)[C@H]2NC[C@@H]3C=C(c4ccc(F)cc4F)CCO[C@@H]23)[C@H](C)Cl)C(O)[C@@H](O)[C@H]1O. The van der Waals surface area contributed by atoms with Crippen molar-refractivity contribution in [2.24, 2.45) is 5.92 Å². The van der Waals surface area contributed by atoms with Crippen LogP contribution in [0.5, 0.6) is 0 Å². The first-order valence-electron chi connectivity index (χ1n) is 11.8. The minimum Gasteiger partial charge on any atom is -0.388 e. The minimum absolute atomic E-state index is 0.232. The van der Waals surface area contributed by atoms with Gasteiger partial charge in [0.05, 0.1) is 24.1 Å². The van der Waals surface area contributed by atoms with Crippen LogP contribution >= 0.6 is 23.4 Å². The number of ether oxygens (including phenoxy) is 2. The van der Waals surface area contributed by atoms with Crippen molar-refractivity contribution >= 4 is 34.8 Å². The van der Waals surface area contributed by atoms with Crippen molar-refractivity contribution in [1.82, 2.24) is 10.6 Å². The van der Waals surface area contributed by atoms with Gasteiger partial charge in [-0.05, 0) is 37.3 Å². The molecule has 10 atom stereocenters. The molecule has 200 valence electrons. The molecule has 2 saturated heterocycles. The maximum Gasteiger partial charge on any atom is 0.240 e. The summed E-state index contributed by atoms with van der Waals surface area (Å²) in [5, 5.41) is 36.3. The molecule has 0 aromatic heterocycles. The Morgan fingerprint density at radius 1 is 1.25 bits per heavy atom. The molecular weight excluding hydrogens is 518 g/mol. The Morgan fingerprint density at radius 3 is 2.67 bits per heavy atom. The number of thioether (sulfide) groups is 1. The molecule has 1 aromatic carbocycles. The lowest BCUT2D eigenvalue weighted by Gasteiger charge is -2.44. The van der Waals surface area contributed by atoms with Crippen molar-refractivity contribution in [3.8, 4) is 0 Å². The molecular formula is C24H31ClF2N2O6S. The summed E-state index contributed by atoms with van der Waals surface area (Å²) in [5.74, 6) is -1.97. The van der Waals surface area contributed by atoms with E-state index in [1.807, 2.05) is 6.08 Å². The largest absolute Gasteiger partial charge is 0.388 e. The van der Waals surface area contributed by atoms with Gasteiger partial charge in [0.1, 0.15) is 47.5 Å². The zero-order valence-electron chi connectivity index (χ0n) is 19.8. The summed E-state index contributed by atoms with van der Waals surface area (Å²) in [7, 11) is 0. The van der Waals surface area contributed by atoms with E-state index in [2.05, 4.69) is 10.6 Å². The number of carbonyl (C=O) groups is 1. The average molecular weight is 549 g/mol. The summed E-state index contributed by atoms with van der Waals surface area (Å²) in [4.78, 5) is 13.3. The van der Waals surface area contributed by atoms with Gasteiger partial charge < -0.3 is 35.4 Å².